The molecule has 0 aliphatic carbocycles. The fourth-order valence-corrected chi connectivity index (χ4v) is 2.56. The summed E-state index contributed by atoms with van der Waals surface area (Å²) in [5, 5.41) is 9.69. The number of hydrogen-bond acceptors (Lipinski definition) is 3. The van der Waals surface area contributed by atoms with Gasteiger partial charge in [0.15, 0.2) is 0 Å². The Bertz CT molecular complexity index is 271. The lowest BCUT2D eigenvalue weighted by Gasteiger charge is -2.27. The van der Waals surface area contributed by atoms with Gasteiger partial charge >= 0.3 is 6.09 Å². The van der Waals surface area contributed by atoms with Crippen molar-refractivity contribution in [3.63, 3.8) is 0 Å². The number of aliphatic hydroxyl groups is 1. The van der Waals surface area contributed by atoms with Crippen LogP contribution >= 0.6 is 0 Å². The van der Waals surface area contributed by atoms with Crippen molar-refractivity contribution in [2.75, 3.05) is 0 Å². The van der Waals surface area contributed by atoms with Gasteiger partial charge in [-0.05, 0) is 40.0 Å². The highest BCUT2D eigenvalue weighted by Gasteiger charge is 2.49. The summed E-state index contributed by atoms with van der Waals surface area (Å²) in [4.78, 5) is 13.6. The average Bonchev–Trinajstić information content (AvgIpc) is 2.55. The summed E-state index contributed by atoms with van der Waals surface area (Å²) >= 11 is 0. The molecule has 2 aliphatic rings. The fraction of sp³-hybridized carbons (Fsp3) is 0.909. The van der Waals surface area contributed by atoms with Crippen molar-refractivity contribution < 1.29 is 14.6 Å². The van der Waals surface area contributed by atoms with Crippen LogP contribution in [0.4, 0.5) is 4.79 Å². The molecule has 2 bridgehead atoms. The van der Waals surface area contributed by atoms with Crippen molar-refractivity contribution in [2.45, 2.75) is 63.8 Å². The first-order chi connectivity index (χ1) is 6.88. The highest BCUT2D eigenvalue weighted by atomic mass is 16.6. The third kappa shape index (κ3) is 1.95. The van der Waals surface area contributed by atoms with E-state index < -0.39 is 5.60 Å². The number of carbonyl (C=O) groups excluding carboxylic acids is 1. The Morgan fingerprint density at radius 1 is 1.40 bits per heavy atom. The molecule has 2 fully saturated rings. The number of hydrogen-bond donors (Lipinski definition) is 1. The lowest BCUT2D eigenvalue weighted by Crippen LogP contribution is -2.41. The molecule has 1 amide bonds. The van der Waals surface area contributed by atoms with Crippen molar-refractivity contribution in [3.8, 4) is 0 Å². The second-order valence-corrected chi connectivity index (χ2v) is 5.49. The lowest BCUT2D eigenvalue weighted by molar-refractivity contribution is 0.0170. The van der Waals surface area contributed by atoms with Crippen LogP contribution in [0.25, 0.3) is 0 Å². The van der Waals surface area contributed by atoms with Gasteiger partial charge in [-0.2, -0.15) is 0 Å². The molecule has 2 rings (SSSR count). The monoisotopic (exact) mass is 213 g/mol. The molecular weight excluding hydrogens is 194 g/mol. The fourth-order valence-electron chi connectivity index (χ4n) is 2.56. The van der Waals surface area contributed by atoms with Gasteiger partial charge in [0, 0.05) is 6.04 Å². The molecule has 4 nitrogen and oxygen atoms in total. The first-order valence-corrected chi connectivity index (χ1v) is 5.58. The number of aliphatic hydroxyl groups excluding tert-OH is 1. The Labute approximate surface area is 90.2 Å². The zero-order valence-corrected chi connectivity index (χ0v) is 9.56. The van der Waals surface area contributed by atoms with E-state index in [0.717, 1.165) is 12.8 Å². The van der Waals surface area contributed by atoms with Crippen LogP contribution in [0.5, 0.6) is 0 Å². The smallest absolute Gasteiger partial charge is 0.410 e. The van der Waals surface area contributed by atoms with Crippen molar-refractivity contribution in [3.05, 3.63) is 0 Å². The van der Waals surface area contributed by atoms with Crippen LogP contribution in [-0.4, -0.2) is 39.9 Å². The van der Waals surface area contributed by atoms with Gasteiger partial charge in [-0.1, -0.05) is 0 Å². The Balaban J connectivity index is 2.03. The largest absolute Gasteiger partial charge is 0.444 e. The van der Waals surface area contributed by atoms with E-state index in [2.05, 4.69) is 0 Å². The minimum absolute atomic E-state index is 0.00940. The Morgan fingerprint density at radius 3 is 2.47 bits per heavy atom. The number of rotatable bonds is 0. The van der Waals surface area contributed by atoms with Gasteiger partial charge in [-0.25, -0.2) is 4.79 Å². The maximum absolute atomic E-state index is 11.9. The molecule has 0 aromatic rings. The first kappa shape index (κ1) is 10.7. The van der Waals surface area contributed by atoms with Crippen LogP contribution < -0.4 is 0 Å². The van der Waals surface area contributed by atoms with Crippen LogP contribution in [-0.2, 0) is 4.74 Å². The molecule has 0 spiro atoms. The summed E-state index contributed by atoms with van der Waals surface area (Å²) in [6, 6.07) is 0.185. The second kappa shape index (κ2) is 3.37. The van der Waals surface area contributed by atoms with Gasteiger partial charge in [-0.3, -0.25) is 4.90 Å². The summed E-state index contributed by atoms with van der Waals surface area (Å²) in [5.74, 6) is 0. The van der Waals surface area contributed by atoms with Gasteiger partial charge < -0.3 is 9.84 Å². The molecule has 0 radical (unpaired) electrons. The Hall–Kier alpha value is -0.770. The van der Waals surface area contributed by atoms with E-state index in [1.54, 1.807) is 4.90 Å². The first-order valence-electron chi connectivity index (χ1n) is 5.58. The molecule has 2 saturated heterocycles. The highest BCUT2D eigenvalue weighted by molar-refractivity contribution is 5.70. The molecule has 2 heterocycles. The number of carbonyl (C=O) groups is 1. The van der Waals surface area contributed by atoms with Gasteiger partial charge in [0.05, 0.1) is 12.1 Å². The zero-order chi connectivity index (χ0) is 11.2. The summed E-state index contributed by atoms with van der Waals surface area (Å²) in [6.45, 7) is 5.58. The SMILES string of the molecule is CC(C)(C)OC(=O)N1C2CC[C@@H]1[C@@H](O)C2. The maximum atomic E-state index is 11.9. The quantitative estimate of drug-likeness (QED) is 0.663. The molecule has 86 valence electrons. The predicted octanol–water partition coefficient (Wildman–Crippen LogP) is 1.52. The van der Waals surface area contributed by atoms with Gasteiger partial charge in [0.25, 0.3) is 0 Å². The van der Waals surface area contributed by atoms with Crippen molar-refractivity contribution in [1.29, 1.82) is 0 Å². The molecule has 4 heteroatoms. The Morgan fingerprint density at radius 2 is 2.07 bits per heavy atom. The van der Waals surface area contributed by atoms with Crippen molar-refractivity contribution >= 4 is 6.09 Å². The average molecular weight is 213 g/mol. The van der Waals surface area contributed by atoms with Crippen LogP contribution in [0.2, 0.25) is 0 Å². The van der Waals surface area contributed by atoms with E-state index in [1.807, 2.05) is 20.8 Å². The minimum atomic E-state index is -0.454. The number of fused-ring (bicyclic) bond motifs is 2. The van der Waals surface area contributed by atoms with Crippen LogP contribution in [0.3, 0.4) is 0 Å². The van der Waals surface area contributed by atoms with E-state index >= 15 is 0 Å². The molecule has 3 atom stereocenters. The van der Waals surface area contributed by atoms with Crippen molar-refractivity contribution in [1.82, 2.24) is 4.90 Å². The predicted molar refractivity (Wildman–Crippen MR) is 55.5 cm³/mol. The second-order valence-electron chi connectivity index (χ2n) is 5.49. The maximum Gasteiger partial charge on any atom is 0.410 e. The topological polar surface area (TPSA) is 49.8 Å². The molecule has 15 heavy (non-hydrogen) atoms. The van der Waals surface area contributed by atoms with E-state index in [9.17, 15) is 9.90 Å². The number of nitrogens with zero attached hydrogens (tertiary/aromatic N) is 1. The molecule has 0 aromatic heterocycles. The third-order valence-corrected chi connectivity index (χ3v) is 3.11. The third-order valence-electron chi connectivity index (χ3n) is 3.11. The normalized spacial score (nSPS) is 34.7. The summed E-state index contributed by atoms with van der Waals surface area (Å²) < 4.78 is 5.33. The van der Waals surface area contributed by atoms with Gasteiger partial charge in [-0.15, -0.1) is 0 Å². The molecule has 0 saturated carbocycles. The van der Waals surface area contributed by atoms with Crippen molar-refractivity contribution in [2.24, 2.45) is 0 Å². The van der Waals surface area contributed by atoms with E-state index in [4.69, 9.17) is 4.74 Å². The highest BCUT2D eigenvalue weighted by Crippen LogP contribution is 2.38. The zero-order valence-electron chi connectivity index (χ0n) is 9.56. The molecule has 2 aliphatic heterocycles. The summed E-state index contributed by atoms with van der Waals surface area (Å²) in [7, 11) is 0. The van der Waals surface area contributed by atoms with Crippen LogP contribution in [0.15, 0.2) is 0 Å². The number of amides is 1. The minimum Gasteiger partial charge on any atom is -0.444 e. The Kier molecular flexibility index (Phi) is 2.41. The molecule has 0 aromatic carbocycles. The number of ether oxygens (including phenoxy) is 1. The van der Waals surface area contributed by atoms with E-state index in [1.165, 1.54) is 0 Å². The summed E-state index contributed by atoms with van der Waals surface area (Å²) in [5.41, 5.74) is -0.454. The summed E-state index contributed by atoms with van der Waals surface area (Å²) in [6.07, 6.45) is 2.00. The molecular formula is C11H19NO3. The van der Waals surface area contributed by atoms with E-state index in [0.29, 0.717) is 6.42 Å². The van der Waals surface area contributed by atoms with E-state index in [-0.39, 0.29) is 24.3 Å². The van der Waals surface area contributed by atoms with Crippen LogP contribution in [0, 0.1) is 0 Å². The van der Waals surface area contributed by atoms with Gasteiger partial charge in [0.1, 0.15) is 5.60 Å². The molecule has 1 N–H and O–H groups in total. The standard InChI is InChI=1S/C11H19NO3/c1-11(2,3)15-10(14)12-7-4-5-8(12)9(13)6-7/h7-9,13H,4-6H2,1-3H3/t7?,8-,9+/m1/s1. The molecule has 1 unspecified atom stereocenters. The van der Waals surface area contributed by atoms with Crippen LogP contribution in [0.1, 0.15) is 40.0 Å². The van der Waals surface area contributed by atoms with Gasteiger partial charge in [0.2, 0.25) is 0 Å². The lowest BCUT2D eigenvalue weighted by atomic mass is 9.98.